The summed E-state index contributed by atoms with van der Waals surface area (Å²) in [5.74, 6) is -1.06. The first-order chi connectivity index (χ1) is 16.8. The smallest absolute Gasteiger partial charge is 0.444 e. The number of carbonyl (C=O) groups excluding carboxylic acids is 1. The molecule has 3 heterocycles. The van der Waals surface area contributed by atoms with Crippen molar-refractivity contribution in [3.63, 3.8) is 0 Å². The third kappa shape index (κ3) is 4.28. The topological polar surface area (TPSA) is 103 Å². The molecule has 37 heavy (non-hydrogen) atoms. The number of aliphatic imine (C=N–C) groups is 1. The lowest BCUT2D eigenvalue weighted by Crippen LogP contribution is -2.61. The van der Waals surface area contributed by atoms with Crippen molar-refractivity contribution in [1.29, 1.82) is 0 Å². The van der Waals surface area contributed by atoms with Gasteiger partial charge >= 0.3 is 13.2 Å². The Bertz CT molecular complexity index is 1250. The number of amides is 1. The van der Waals surface area contributed by atoms with Crippen LogP contribution in [0.5, 0.6) is 0 Å². The quantitative estimate of drug-likeness (QED) is 0.589. The Labute approximate surface area is 217 Å². The second-order valence-corrected chi connectivity index (χ2v) is 14.7. The molecule has 1 N–H and O–H groups in total. The molecule has 1 amide bonds. The van der Waals surface area contributed by atoms with Crippen LogP contribution in [-0.4, -0.2) is 60.9 Å². The Morgan fingerprint density at radius 2 is 1.78 bits per heavy atom. The van der Waals surface area contributed by atoms with Crippen molar-refractivity contribution < 1.29 is 36.0 Å². The maximum Gasteiger partial charge on any atom is 0.494 e. The van der Waals surface area contributed by atoms with Gasteiger partial charge in [0.05, 0.1) is 16.5 Å². The molecule has 0 aromatic heterocycles. The highest BCUT2D eigenvalue weighted by atomic mass is 32.2. The SMILES string of the molecule is CC(C)(C)OC(=O)NC1=N[C@](C)(c2cc(B3OC(C)(C)C(C)(C)O3)ccc2F)[C@@H]2CC[C@]1(CF)S2(=O)=O. The zero-order chi connectivity index (χ0) is 27.8. The van der Waals surface area contributed by atoms with Crippen molar-refractivity contribution in [1.82, 2.24) is 5.32 Å². The van der Waals surface area contributed by atoms with E-state index in [0.717, 1.165) is 0 Å². The largest absolute Gasteiger partial charge is 0.494 e. The van der Waals surface area contributed by atoms with E-state index in [-0.39, 0.29) is 24.2 Å². The fraction of sp³-hybridized carbons (Fsp3) is 0.680. The van der Waals surface area contributed by atoms with Crippen molar-refractivity contribution in [3.05, 3.63) is 29.6 Å². The van der Waals surface area contributed by atoms with Gasteiger partial charge in [0, 0.05) is 5.56 Å². The van der Waals surface area contributed by atoms with Crippen LogP contribution in [0.2, 0.25) is 0 Å². The lowest BCUT2D eigenvalue weighted by Gasteiger charge is -2.41. The summed E-state index contributed by atoms with van der Waals surface area (Å²) in [5.41, 5.74) is -3.33. The van der Waals surface area contributed by atoms with Gasteiger partial charge in [-0.25, -0.2) is 22.0 Å². The van der Waals surface area contributed by atoms with Crippen LogP contribution in [0.15, 0.2) is 23.2 Å². The number of amidine groups is 1. The first-order valence-corrected chi connectivity index (χ1v) is 13.9. The van der Waals surface area contributed by atoms with Crippen molar-refractivity contribution in [2.45, 2.75) is 101 Å². The van der Waals surface area contributed by atoms with Gasteiger partial charge in [0.15, 0.2) is 14.6 Å². The number of alkyl halides is 1. The van der Waals surface area contributed by atoms with Crippen LogP contribution in [0.25, 0.3) is 0 Å². The van der Waals surface area contributed by atoms with Crippen LogP contribution in [0.4, 0.5) is 13.6 Å². The van der Waals surface area contributed by atoms with E-state index in [1.54, 1.807) is 20.8 Å². The van der Waals surface area contributed by atoms with Gasteiger partial charge in [0.25, 0.3) is 0 Å². The number of nitrogens with zero attached hydrogens (tertiary/aromatic N) is 1. The lowest BCUT2D eigenvalue weighted by atomic mass is 9.75. The molecular weight excluding hydrogens is 505 g/mol. The zero-order valence-corrected chi connectivity index (χ0v) is 23.4. The van der Waals surface area contributed by atoms with Gasteiger partial charge < -0.3 is 14.0 Å². The Morgan fingerprint density at radius 3 is 2.32 bits per heavy atom. The molecule has 0 spiro atoms. The van der Waals surface area contributed by atoms with E-state index >= 15 is 4.39 Å². The molecule has 8 nitrogen and oxygen atoms in total. The lowest BCUT2D eigenvalue weighted by molar-refractivity contribution is 0.00578. The third-order valence-corrected chi connectivity index (χ3v) is 11.1. The third-order valence-electron chi connectivity index (χ3n) is 8.03. The van der Waals surface area contributed by atoms with Crippen LogP contribution in [0.3, 0.4) is 0 Å². The highest BCUT2D eigenvalue weighted by Gasteiger charge is 2.66. The number of benzene rings is 1. The molecular formula is C25H35BF2N2O6S. The number of alkyl carbamates (subject to hydrolysis) is 1. The van der Waals surface area contributed by atoms with Gasteiger partial charge in [-0.2, -0.15) is 0 Å². The number of carbonyl (C=O) groups is 1. The van der Waals surface area contributed by atoms with E-state index in [0.29, 0.717) is 5.46 Å². The highest BCUT2D eigenvalue weighted by molar-refractivity contribution is 7.94. The number of sulfone groups is 1. The molecule has 1 aromatic rings. The van der Waals surface area contributed by atoms with Gasteiger partial charge in [-0.1, -0.05) is 12.1 Å². The van der Waals surface area contributed by atoms with Gasteiger partial charge in [0.1, 0.15) is 29.5 Å². The molecule has 12 heteroatoms. The van der Waals surface area contributed by atoms with Crippen molar-refractivity contribution in [2.24, 2.45) is 4.99 Å². The number of hydrogen-bond donors (Lipinski definition) is 1. The molecule has 3 atom stereocenters. The van der Waals surface area contributed by atoms with Gasteiger partial charge in [-0.05, 0) is 79.8 Å². The van der Waals surface area contributed by atoms with E-state index in [2.05, 4.69) is 10.3 Å². The summed E-state index contributed by atoms with van der Waals surface area (Å²) >= 11 is 0. The monoisotopic (exact) mass is 540 g/mol. The Kier molecular flexibility index (Phi) is 6.41. The van der Waals surface area contributed by atoms with Crippen molar-refractivity contribution in [2.75, 3.05) is 6.67 Å². The molecule has 204 valence electrons. The van der Waals surface area contributed by atoms with Crippen molar-refractivity contribution >= 4 is 34.3 Å². The van der Waals surface area contributed by atoms with Crippen molar-refractivity contribution in [3.8, 4) is 0 Å². The number of ether oxygens (including phenoxy) is 1. The molecule has 0 aliphatic carbocycles. The predicted molar refractivity (Wildman–Crippen MR) is 137 cm³/mol. The van der Waals surface area contributed by atoms with Crippen LogP contribution in [0.1, 0.15) is 73.8 Å². The average Bonchev–Trinajstić information content (AvgIpc) is 3.07. The van der Waals surface area contributed by atoms with Gasteiger partial charge in [-0.3, -0.25) is 10.3 Å². The second kappa shape index (κ2) is 8.48. The number of fused-ring (bicyclic) bond motifs is 2. The average molecular weight is 540 g/mol. The van der Waals surface area contributed by atoms with Gasteiger partial charge in [0.2, 0.25) is 0 Å². The molecule has 0 unspecified atom stereocenters. The zero-order valence-electron chi connectivity index (χ0n) is 22.6. The fourth-order valence-corrected chi connectivity index (χ4v) is 7.89. The Hall–Kier alpha value is -2.05. The van der Waals surface area contributed by atoms with Gasteiger partial charge in [-0.15, -0.1) is 0 Å². The number of rotatable bonds is 3. The summed E-state index contributed by atoms with van der Waals surface area (Å²) in [5, 5.41) is 1.19. The second-order valence-electron chi connectivity index (χ2n) is 12.3. The summed E-state index contributed by atoms with van der Waals surface area (Å²) in [6.45, 7) is 12.7. The molecule has 2 bridgehead atoms. The molecule has 0 radical (unpaired) electrons. The maximum atomic E-state index is 15.4. The molecule has 4 rings (SSSR count). The molecule has 2 fully saturated rings. The van der Waals surface area contributed by atoms with Crippen LogP contribution >= 0.6 is 0 Å². The molecule has 0 saturated carbocycles. The summed E-state index contributed by atoms with van der Waals surface area (Å²) in [6, 6.07) is 4.23. The van der Waals surface area contributed by atoms with E-state index in [9.17, 15) is 17.6 Å². The number of hydrogen-bond acceptors (Lipinski definition) is 7. The van der Waals surface area contributed by atoms with Crippen LogP contribution < -0.4 is 10.8 Å². The highest BCUT2D eigenvalue weighted by Crippen LogP contribution is 2.52. The maximum absolute atomic E-state index is 15.4. The summed E-state index contributed by atoms with van der Waals surface area (Å²) in [6.07, 6.45) is -1.01. The minimum Gasteiger partial charge on any atom is -0.444 e. The summed E-state index contributed by atoms with van der Waals surface area (Å²) in [4.78, 5) is 17.2. The fourth-order valence-electron chi connectivity index (χ4n) is 5.21. The predicted octanol–water partition coefficient (Wildman–Crippen LogP) is 3.56. The first kappa shape index (κ1) is 28.0. The van der Waals surface area contributed by atoms with E-state index in [1.165, 1.54) is 25.1 Å². The molecule has 2 saturated heterocycles. The normalized spacial score (nSPS) is 31.7. The minimum atomic E-state index is -4.23. The molecule has 1 aromatic carbocycles. The summed E-state index contributed by atoms with van der Waals surface area (Å²) in [7, 11) is -5.04. The van der Waals surface area contributed by atoms with E-state index < -0.39 is 67.9 Å². The Balaban J connectivity index is 1.83. The summed E-state index contributed by atoms with van der Waals surface area (Å²) < 4.78 is 72.8. The van der Waals surface area contributed by atoms with Crippen LogP contribution in [0, 0.1) is 5.82 Å². The Morgan fingerprint density at radius 1 is 1.19 bits per heavy atom. The van der Waals surface area contributed by atoms with Crippen LogP contribution in [-0.2, 0) is 29.4 Å². The standard InChI is InChI=1S/C25H35BF2N2O6S/c1-21(2,3)34-20(31)29-19-25(14-27)12-11-18(37(25,32)33)24(8,30-19)16-13-15(9-10-17(16)28)26-35-22(4,5)23(6,7)36-26/h9-10,13,18H,11-12,14H2,1-8H3,(H,29,30,31)/t18-,24+,25+/m0/s1. The minimum absolute atomic E-state index is 0.00821. The number of halogens is 2. The van der Waals surface area contributed by atoms with E-state index in [4.69, 9.17) is 14.0 Å². The number of nitrogens with one attached hydrogen (secondary N) is 1. The molecule has 3 aliphatic heterocycles. The van der Waals surface area contributed by atoms with E-state index in [1.807, 2.05) is 27.7 Å². The first-order valence-electron chi connectivity index (χ1n) is 12.3. The molecule has 3 aliphatic rings.